The van der Waals surface area contributed by atoms with Crippen molar-refractivity contribution in [3.05, 3.63) is 23.6 Å². The molecule has 6 heteroatoms. The first-order chi connectivity index (χ1) is 8.47. The zero-order valence-electron chi connectivity index (χ0n) is 10.4. The van der Waals surface area contributed by atoms with Crippen molar-refractivity contribution in [2.75, 3.05) is 13.2 Å². The number of rotatable bonds is 5. The van der Waals surface area contributed by atoms with Gasteiger partial charge in [0, 0.05) is 12.1 Å². The molecule has 0 aromatic heterocycles. The Labute approximate surface area is 105 Å². The molecule has 0 aromatic rings. The zero-order chi connectivity index (χ0) is 13.7. The third kappa shape index (κ3) is 3.68. The minimum Gasteiger partial charge on any atom is -0.506 e. The number of nitrogens with one attached hydrogen (secondary N) is 1. The van der Waals surface area contributed by atoms with Crippen LogP contribution in [0.3, 0.4) is 0 Å². The summed E-state index contributed by atoms with van der Waals surface area (Å²) >= 11 is 0. The highest BCUT2D eigenvalue weighted by molar-refractivity contribution is 6.49. The molecule has 1 rings (SSSR count). The lowest BCUT2D eigenvalue weighted by atomic mass is 10.1. The van der Waals surface area contributed by atoms with E-state index in [0.29, 0.717) is 5.70 Å². The van der Waals surface area contributed by atoms with Gasteiger partial charge in [-0.1, -0.05) is 0 Å². The maximum absolute atomic E-state index is 11.6. The van der Waals surface area contributed by atoms with Gasteiger partial charge in [0.25, 0.3) is 0 Å². The van der Waals surface area contributed by atoms with Gasteiger partial charge in [-0.05, 0) is 19.9 Å². The maximum Gasteiger partial charge on any atom is 0.207 e. The number of ketones is 1. The molecule has 0 heterocycles. The molecule has 6 nitrogen and oxygen atoms in total. The Hall–Kier alpha value is -1.66. The Kier molecular flexibility index (Phi) is 5.06. The topological polar surface area (TPSA) is 102 Å². The van der Waals surface area contributed by atoms with Crippen LogP contribution in [0, 0.1) is 0 Å². The molecule has 100 valence electrons. The summed E-state index contributed by atoms with van der Waals surface area (Å²) in [6.45, 7) is 3.15. The van der Waals surface area contributed by atoms with Gasteiger partial charge in [0.1, 0.15) is 11.5 Å². The first kappa shape index (κ1) is 14.4. The van der Waals surface area contributed by atoms with E-state index in [-0.39, 0.29) is 36.8 Å². The summed E-state index contributed by atoms with van der Waals surface area (Å²) in [5.41, 5.74) is 0.502. The van der Waals surface area contributed by atoms with E-state index in [2.05, 4.69) is 10.3 Å². The standard InChI is InChI=1S/C12H18N2O4/c1-7(5-15)13-9-3-10(14-8(2)6-16)12(18)4-11(9)17/h3-4,7-8,13,15-17H,5-6H2,1-2H3. The highest BCUT2D eigenvalue weighted by Gasteiger charge is 2.19. The minimum absolute atomic E-state index is 0.0991. The number of carbonyl (C=O) groups excluding carboxylic acids is 1. The Balaban J connectivity index is 2.95. The Morgan fingerprint density at radius 3 is 2.50 bits per heavy atom. The number of hydrogen-bond acceptors (Lipinski definition) is 6. The van der Waals surface area contributed by atoms with Crippen LogP contribution in [-0.4, -0.2) is 52.1 Å². The quantitative estimate of drug-likeness (QED) is 0.504. The molecule has 18 heavy (non-hydrogen) atoms. The maximum atomic E-state index is 11.6. The van der Waals surface area contributed by atoms with Crippen molar-refractivity contribution < 1.29 is 20.1 Å². The fourth-order valence-electron chi connectivity index (χ4n) is 1.36. The number of hydrogen-bond donors (Lipinski definition) is 4. The van der Waals surface area contributed by atoms with E-state index < -0.39 is 5.78 Å². The summed E-state index contributed by atoms with van der Waals surface area (Å²) in [5.74, 6) is -0.592. The number of aliphatic imine (C=N–C) groups is 1. The Morgan fingerprint density at radius 1 is 1.28 bits per heavy atom. The van der Waals surface area contributed by atoms with Crippen LogP contribution >= 0.6 is 0 Å². The van der Waals surface area contributed by atoms with Crippen molar-refractivity contribution in [1.82, 2.24) is 5.32 Å². The molecule has 2 unspecified atom stereocenters. The molecule has 1 aliphatic rings. The summed E-state index contributed by atoms with van der Waals surface area (Å²) in [6, 6.07) is -0.637. The van der Waals surface area contributed by atoms with E-state index in [4.69, 9.17) is 10.2 Å². The van der Waals surface area contributed by atoms with E-state index in [9.17, 15) is 9.90 Å². The molecule has 0 amide bonds. The summed E-state index contributed by atoms with van der Waals surface area (Å²) in [4.78, 5) is 15.6. The van der Waals surface area contributed by atoms with E-state index in [1.807, 2.05) is 0 Å². The number of carbonyl (C=O) groups is 1. The van der Waals surface area contributed by atoms with Crippen molar-refractivity contribution in [2.24, 2.45) is 4.99 Å². The van der Waals surface area contributed by atoms with Crippen LogP contribution in [0.4, 0.5) is 0 Å². The Morgan fingerprint density at radius 2 is 1.94 bits per heavy atom. The fraction of sp³-hybridized carbons (Fsp3) is 0.500. The lowest BCUT2D eigenvalue weighted by Gasteiger charge is -2.18. The number of nitrogens with zero attached hydrogens (tertiary/aromatic N) is 1. The lowest BCUT2D eigenvalue weighted by Crippen LogP contribution is -2.32. The van der Waals surface area contributed by atoms with Gasteiger partial charge in [0.05, 0.1) is 25.0 Å². The van der Waals surface area contributed by atoms with Crippen molar-refractivity contribution in [3.8, 4) is 0 Å². The molecule has 0 spiro atoms. The molecule has 1 aliphatic carbocycles. The first-order valence-electron chi connectivity index (χ1n) is 5.71. The Bertz CT molecular complexity index is 412. The molecule has 0 aromatic carbocycles. The zero-order valence-corrected chi connectivity index (χ0v) is 10.4. The van der Waals surface area contributed by atoms with Crippen LogP contribution in [-0.2, 0) is 4.79 Å². The number of aliphatic hydroxyl groups excluding tert-OH is 3. The molecule has 0 bridgehead atoms. The van der Waals surface area contributed by atoms with E-state index in [1.165, 1.54) is 6.08 Å². The largest absolute Gasteiger partial charge is 0.506 e. The SMILES string of the molecule is CC(CO)N=C1C=C(NC(C)CO)C(O)=CC1=O. The third-order valence-corrected chi connectivity index (χ3v) is 2.38. The molecule has 2 atom stereocenters. The van der Waals surface area contributed by atoms with Gasteiger partial charge in [0.2, 0.25) is 5.78 Å². The molecular formula is C12H18N2O4. The van der Waals surface area contributed by atoms with Crippen LogP contribution in [0.2, 0.25) is 0 Å². The van der Waals surface area contributed by atoms with Crippen LogP contribution in [0.15, 0.2) is 28.6 Å². The van der Waals surface area contributed by atoms with Crippen molar-refractivity contribution in [1.29, 1.82) is 0 Å². The molecule has 0 fully saturated rings. The van der Waals surface area contributed by atoms with Gasteiger partial charge in [-0.25, -0.2) is 0 Å². The molecular weight excluding hydrogens is 236 g/mol. The average molecular weight is 254 g/mol. The number of aliphatic hydroxyl groups is 3. The van der Waals surface area contributed by atoms with Crippen LogP contribution in [0.1, 0.15) is 13.8 Å². The highest BCUT2D eigenvalue weighted by atomic mass is 16.3. The lowest BCUT2D eigenvalue weighted by molar-refractivity contribution is -0.109. The highest BCUT2D eigenvalue weighted by Crippen LogP contribution is 2.12. The van der Waals surface area contributed by atoms with Crippen LogP contribution < -0.4 is 5.32 Å². The van der Waals surface area contributed by atoms with Crippen LogP contribution in [0.5, 0.6) is 0 Å². The molecule has 4 N–H and O–H groups in total. The van der Waals surface area contributed by atoms with E-state index in [1.54, 1.807) is 13.8 Å². The van der Waals surface area contributed by atoms with Gasteiger partial charge in [0.15, 0.2) is 0 Å². The number of allylic oxidation sites excluding steroid dienone is 2. The average Bonchev–Trinajstić information content (AvgIpc) is 2.34. The van der Waals surface area contributed by atoms with Crippen molar-refractivity contribution in [2.45, 2.75) is 25.9 Å². The van der Waals surface area contributed by atoms with Crippen molar-refractivity contribution >= 4 is 11.5 Å². The van der Waals surface area contributed by atoms with E-state index in [0.717, 1.165) is 6.08 Å². The van der Waals surface area contributed by atoms with E-state index >= 15 is 0 Å². The predicted octanol–water partition coefficient (Wildman–Crippen LogP) is -0.313. The van der Waals surface area contributed by atoms with Crippen molar-refractivity contribution in [3.63, 3.8) is 0 Å². The van der Waals surface area contributed by atoms with Gasteiger partial charge in [-0.3, -0.25) is 9.79 Å². The van der Waals surface area contributed by atoms with Gasteiger partial charge >= 0.3 is 0 Å². The minimum atomic E-state index is -0.407. The van der Waals surface area contributed by atoms with Gasteiger partial charge in [-0.2, -0.15) is 0 Å². The first-order valence-corrected chi connectivity index (χ1v) is 5.71. The van der Waals surface area contributed by atoms with Gasteiger partial charge in [-0.15, -0.1) is 0 Å². The molecule has 0 saturated carbocycles. The normalized spacial score (nSPS) is 21.3. The third-order valence-electron chi connectivity index (χ3n) is 2.38. The van der Waals surface area contributed by atoms with Crippen LogP contribution in [0.25, 0.3) is 0 Å². The summed E-state index contributed by atoms with van der Waals surface area (Å²) < 4.78 is 0. The monoisotopic (exact) mass is 254 g/mol. The second-order valence-corrected chi connectivity index (χ2v) is 4.23. The summed E-state index contributed by atoms with van der Waals surface area (Å²) in [7, 11) is 0. The summed E-state index contributed by atoms with van der Waals surface area (Å²) in [5, 5.41) is 30.3. The molecule has 0 aliphatic heterocycles. The van der Waals surface area contributed by atoms with Gasteiger partial charge < -0.3 is 20.6 Å². The molecule has 0 radical (unpaired) electrons. The fourth-order valence-corrected chi connectivity index (χ4v) is 1.36. The molecule has 0 saturated heterocycles. The second kappa shape index (κ2) is 6.32. The summed E-state index contributed by atoms with van der Waals surface area (Å²) in [6.07, 6.45) is 2.48. The predicted molar refractivity (Wildman–Crippen MR) is 67.5 cm³/mol. The smallest absolute Gasteiger partial charge is 0.207 e. The second-order valence-electron chi connectivity index (χ2n) is 4.23.